The van der Waals surface area contributed by atoms with Crippen molar-refractivity contribution in [1.82, 2.24) is 0 Å². The lowest BCUT2D eigenvalue weighted by molar-refractivity contribution is -0.137. The minimum absolute atomic E-state index is 0.230. The van der Waals surface area contributed by atoms with Crippen LogP contribution in [0.15, 0.2) is 53.5 Å². The van der Waals surface area contributed by atoms with E-state index in [1.165, 1.54) is 44.2 Å². The Morgan fingerprint density at radius 1 is 0.923 bits per heavy atom. The molecule has 1 aliphatic carbocycles. The maximum atomic E-state index is 12.5. The quantitative estimate of drug-likeness (QED) is 0.595. The minimum atomic E-state index is -4.31. The summed E-state index contributed by atoms with van der Waals surface area (Å²) in [6.07, 6.45) is 3.79. The van der Waals surface area contributed by atoms with Crippen LogP contribution in [0.1, 0.15) is 48.8 Å². The zero-order valence-corrected chi connectivity index (χ0v) is 14.5. The molecule has 3 rings (SSSR count). The van der Waals surface area contributed by atoms with Gasteiger partial charge in [-0.1, -0.05) is 31.4 Å². The fraction of sp³-hybridized carbons (Fsp3) is 0.381. The molecule has 5 heteroatoms. The van der Waals surface area contributed by atoms with E-state index in [4.69, 9.17) is 4.74 Å². The summed E-state index contributed by atoms with van der Waals surface area (Å²) in [5.74, 6) is 0.680. The Labute approximate surface area is 151 Å². The third-order valence-electron chi connectivity index (χ3n) is 4.58. The van der Waals surface area contributed by atoms with Crippen LogP contribution < -0.4 is 4.74 Å². The Bertz CT molecular complexity index is 714. The van der Waals surface area contributed by atoms with E-state index >= 15 is 0 Å². The highest BCUT2D eigenvalue weighted by Crippen LogP contribution is 2.29. The second-order valence-corrected chi connectivity index (χ2v) is 6.62. The molecule has 0 heterocycles. The molecule has 2 nitrogen and oxygen atoms in total. The maximum Gasteiger partial charge on any atom is 0.416 e. The van der Waals surface area contributed by atoms with E-state index < -0.39 is 11.7 Å². The molecule has 138 valence electrons. The molecule has 1 saturated carbocycles. The number of benzene rings is 2. The summed E-state index contributed by atoms with van der Waals surface area (Å²) >= 11 is 0. The molecule has 0 spiro atoms. The number of alkyl halides is 3. The third-order valence-corrected chi connectivity index (χ3v) is 4.58. The van der Waals surface area contributed by atoms with Crippen LogP contribution in [0.5, 0.6) is 5.75 Å². The van der Waals surface area contributed by atoms with E-state index in [0.29, 0.717) is 17.4 Å². The normalized spacial score (nSPS) is 16.1. The molecule has 26 heavy (non-hydrogen) atoms. The third kappa shape index (κ3) is 5.35. The van der Waals surface area contributed by atoms with Crippen molar-refractivity contribution >= 4 is 6.21 Å². The highest BCUT2D eigenvalue weighted by molar-refractivity contribution is 5.79. The van der Waals surface area contributed by atoms with Crippen molar-refractivity contribution in [3.63, 3.8) is 0 Å². The summed E-state index contributed by atoms with van der Waals surface area (Å²) in [5, 5.41) is 0. The van der Waals surface area contributed by atoms with Gasteiger partial charge in [0.25, 0.3) is 0 Å². The highest BCUT2D eigenvalue weighted by Gasteiger charge is 2.29. The molecular weight excluding hydrogens is 339 g/mol. The van der Waals surface area contributed by atoms with Gasteiger partial charge in [-0.05, 0) is 60.4 Å². The first-order chi connectivity index (χ1) is 12.5. The molecule has 0 radical (unpaired) electrons. The molecule has 0 unspecified atom stereocenters. The molecule has 0 aliphatic heterocycles. The first-order valence-electron chi connectivity index (χ1n) is 8.93. The summed E-state index contributed by atoms with van der Waals surface area (Å²) in [6, 6.07) is 13.1. The largest absolute Gasteiger partial charge is 0.489 e. The average molecular weight is 361 g/mol. The number of hydrogen-bond donors (Lipinski definition) is 0. The molecule has 0 atom stereocenters. The monoisotopic (exact) mass is 361 g/mol. The zero-order chi connectivity index (χ0) is 18.4. The minimum Gasteiger partial charge on any atom is -0.489 e. The molecular formula is C21H22F3NO. The standard InChI is InChI=1S/C21H22F3NO/c22-21(23,24)18-10-6-17(7-11-18)15-26-20-12-8-16(9-13-20)14-25-19-4-2-1-3-5-19/h6-14,19H,1-5,15H2. The molecule has 0 N–H and O–H groups in total. The van der Waals surface area contributed by atoms with Crippen LogP contribution in [0.25, 0.3) is 0 Å². The van der Waals surface area contributed by atoms with Crippen LogP contribution in [0, 0.1) is 0 Å². The molecule has 1 aliphatic rings. The van der Waals surface area contributed by atoms with Gasteiger partial charge >= 0.3 is 6.18 Å². The molecule has 0 amide bonds. The highest BCUT2D eigenvalue weighted by atomic mass is 19.4. The smallest absolute Gasteiger partial charge is 0.416 e. The summed E-state index contributed by atoms with van der Waals surface area (Å²) in [5.41, 5.74) is 1.07. The lowest BCUT2D eigenvalue weighted by atomic mass is 9.96. The number of hydrogen-bond acceptors (Lipinski definition) is 2. The van der Waals surface area contributed by atoms with Gasteiger partial charge in [0.05, 0.1) is 5.56 Å². The lowest BCUT2D eigenvalue weighted by Gasteiger charge is -2.17. The first-order valence-corrected chi connectivity index (χ1v) is 8.93. The van der Waals surface area contributed by atoms with Gasteiger partial charge in [0, 0.05) is 12.3 Å². The molecule has 2 aromatic carbocycles. The Morgan fingerprint density at radius 3 is 2.19 bits per heavy atom. The van der Waals surface area contributed by atoms with Crippen molar-refractivity contribution in [2.24, 2.45) is 4.99 Å². The van der Waals surface area contributed by atoms with E-state index in [1.807, 2.05) is 30.5 Å². The molecule has 0 bridgehead atoms. The van der Waals surface area contributed by atoms with E-state index in [0.717, 1.165) is 17.7 Å². The van der Waals surface area contributed by atoms with E-state index in [2.05, 4.69) is 4.99 Å². The van der Waals surface area contributed by atoms with Crippen molar-refractivity contribution in [3.05, 3.63) is 65.2 Å². The van der Waals surface area contributed by atoms with E-state index in [-0.39, 0.29) is 6.61 Å². The molecule has 2 aromatic rings. The van der Waals surface area contributed by atoms with Gasteiger partial charge in [-0.3, -0.25) is 4.99 Å². The SMILES string of the molecule is FC(F)(F)c1ccc(COc2ccc(C=NC3CCCCC3)cc2)cc1. The Balaban J connectivity index is 1.52. The maximum absolute atomic E-state index is 12.5. The van der Waals surface area contributed by atoms with E-state index in [9.17, 15) is 13.2 Å². The van der Waals surface area contributed by atoms with Crippen LogP contribution in [0.4, 0.5) is 13.2 Å². The van der Waals surface area contributed by atoms with E-state index in [1.54, 1.807) is 0 Å². The van der Waals surface area contributed by atoms with Crippen LogP contribution in [-0.2, 0) is 12.8 Å². The fourth-order valence-electron chi connectivity index (χ4n) is 3.03. The van der Waals surface area contributed by atoms with Gasteiger partial charge in [0.1, 0.15) is 12.4 Å². The fourth-order valence-corrected chi connectivity index (χ4v) is 3.03. The van der Waals surface area contributed by atoms with Crippen LogP contribution in [0.3, 0.4) is 0 Å². The van der Waals surface area contributed by atoms with Crippen molar-refractivity contribution in [2.45, 2.75) is 50.9 Å². The second-order valence-electron chi connectivity index (χ2n) is 6.62. The van der Waals surface area contributed by atoms with Crippen LogP contribution in [0.2, 0.25) is 0 Å². The van der Waals surface area contributed by atoms with Gasteiger partial charge < -0.3 is 4.74 Å². The average Bonchev–Trinajstić information content (AvgIpc) is 2.66. The second kappa shape index (κ2) is 8.39. The molecule has 0 aromatic heterocycles. The first kappa shape index (κ1) is 18.5. The summed E-state index contributed by atoms with van der Waals surface area (Å²) < 4.78 is 43.3. The Morgan fingerprint density at radius 2 is 1.58 bits per heavy atom. The van der Waals surface area contributed by atoms with Crippen molar-refractivity contribution < 1.29 is 17.9 Å². The van der Waals surface area contributed by atoms with Gasteiger partial charge in [-0.2, -0.15) is 13.2 Å². The van der Waals surface area contributed by atoms with Gasteiger partial charge in [-0.25, -0.2) is 0 Å². The number of nitrogens with zero attached hydrogens (tertiary/aromatic N) is 1. The molecule has 1 fully saturated rings. The van der Waals surface area contributed by atoms with Gasteiger partial charge in [-0.15, -0.1) is 0 Å². The number of aliphatic imine (C=N–C) groups is 1. The number of rotatable bonds is 5. The topological polar surface area (TPSA) is 21.6 Å². The number of ether oxygens (including phenoxy) is 1. The van der Waals surface area contributed by atoms with Crippen molar-refractivity contribution in [3.8, 4) is 5.75 Å². The lowest BCUT2D eigenvalue weighted by Crippen LogP contribution is -2.09. The van der Waals surface area contributed by atoms with Crippen LogP contribution in [-0.4, -0.2) is 12.3 Å². The van der Waals surface area contributed by atoms with Gasteiger partial charge in [0.2, 0.25) is 0 Å². The van der Waals surface area contributed by atoms with Crippen molar-refractivity contribution in [2.75, 3.05) is 0 Å². The predicted octanol–water partition coefficient (Wildman–Crippen LogP) is 6.04. The Hall–Kier alpha value is -2.30. The number of halogens is 3. The molecule has 0 saturated heterocycles. The van der Waals surface area contributed by atoms with Crippen molar-refractivity contribution in [1.29, 1.82) is 0 Å². The van der Waals surface area contributed by atoms with Crippen LogP contribution >= 0.6 is 0 Å². The van der Waals surface area contributed by atoms with Gasteiger partial charge in [0.15, 0.2) is 0 Å². The Kier molecular flexibility index (Phi) is 5.96. The summed E-state index contributed by atoms with van der Waals surface area (Å²) in [4.78, 5) is 4.65. The summed E-state index contributed by atoms with van der Waals surface area (Å²) in [6.45, 7) is 0.230. The predicted molar refractivity (Wildman–Crippen MR) is 96.7 cm³/mol. The summed E-state index contributed by atoms with van der Waals surface area (Å²) in [7, 11) is 0. The zero-order valence-electron chi connectivity index (χ0n) is 14.5.